The number of hydroxylamine groups is 2. The molecule has 5 fully saturated rings. The molecule has 2 saturated heterocycles. The molecule has 12 nitrogen and oxygen atoms in total. The van der Waals surface area contributed by atoms with Gasteiger partial charge in [0.05, 0.1) is 26.4 Å². The van der Waals surface area contributed by atoms with Crippen molar-refractivity contribution in [2.75, 3.05) is 72.5 Å². The summed E-state index contributed by atoms with van der Waals surface area (Å²) in [5.74, 6) is 1.56. The molecular weight excluding hydrogens is 721 g/mol. The lowest BCUT2D eigenvalue weighted by Gasteiger charge is -2.62. The summed E-state index contributed by atoms with van der Waals surface area (Å²) in [6.07, 6.45) is 1.38. The van der Waals surface area contributed by atoms with Gasteiger partial charge in [0.25, 0.3) is 5.91 Å². The quantitative estimate of drug-likeness (QED) is 0.205. The molecule has 0 spiro atoms. The van der Waals surface area contributed by atoms with Crippen molar-refractivity contribution >= 4 is 17.5 Å². The lowest BCUT2D eigenvalue weighted by molar-refractivity contribution is -0.183. The van der Waals surface area contributed by atoms with E-state index in [1.165, 1.54) is 6.42 Å². The second-order valence-corrected chi connectivity index (χ2v) is 18.8. The highest BCUT2D eigenvalue weighted by atomic mass is 16.7. The van der Waals surface area contributed by atoms with Crippen molar-refractivity contribution in [2.45, 2.75) is 97.7 Å². The first kappa shape index (κ1) is 43.3. The summed E-state index contributed by atoms with van der Waals surface area (Å²) >= 11 is 0. The number of para-hydroxylation sites is 1. The third-order valence-corrected chi connectivity index (χ3v) is 13.9. The van der Waals surface area contributed by atoms with Crippen LogP contribution in [0.15, 0.2) is 36.4 Å². The van der Waals surface area contributed by atoms with Crippen LogP contribution in [0.4, 0.5) is 5.69 Å². The fourth-order valence-electron chi connectivity index (χ4n) is 10.3. The second-order valence-electron chi connectivity index (χ2n) is 18.8. The van der Waals surface area contributed by atoms with Crippen molar-refractivity contribution < 1.29 is 29.4 Å². The fraction of sp³-hybridized carbons (Fsp3) is 0.689. The van der Waals surface area contributed by atoms with E-state index >= 15 is 0 Å². The van der Waals surface area contributed by atoms with Crippen LogP contribution in [0.25, 0.3) is 11.1 Å². The smallest absolute Gasteiger partial charge is 0.251 e. The summed E-state index contributed by atoms with van der Waals surface area (Å²) in [6.45, 7) is 17.7. The van der Waals surface area contributed by atoms with E-state index in [9.17, 15) is 19.8 Å². The van der Waals surface area contributed by atoms with E-state index in [4.69, 9.17) is 9.57 Å². The summed E-state index contributed by atoms with van der Waals surface area (Å²) in [4.78, 5) is 41.5. The Balaban J connectivity index is 1.26. The summed E-state index contributed by atoms with van der Waals surface area (Å²) in [5, 5.41) is 29.8. The maximum absolute atomic E-state index is 14.3. The number of aliphatic hydroxyl groups excluding tert-OH is 2. The van der Waals surface area contributed by atoms with Gasteiger partial charge in [0, 0.05) is 87.2 Å². The van der Waals surface area contributed by atoms with Crippen LogP contribution in [0.5, 0.6) is 5.75 Å². The van der Waals surface area contributed by atoms with Crippen LogP contribution in [0.3, 0.4) is 0 Å². The summed E-state index contributed by atoms with van der Waals surface area (Å²) in [5.41, 5.74) is 4.13. The van der Waals surface area contributed by atoms with Gasteiger partial charge in [-0.25, -0.2) is 0 Å². The highest BCUT2D eigenvalue weighted by molar-refractivity contribution is 5.97. The Labute approximate surface area is 341 Å². The highest BCUT2D eigenvalue weighted by Crippen LogP contribution is 2.61. The number of amides is 2. The Hall–Kier alpha value is -3.26. The number of carbonyl (C=O) groups is 2. The van der Waals surface area contributed by atoms with Crippen LogP contribution in [0.1, 0.15) is 76.7 Å². The van der Waals surface area contributed by atoms with Gasteiger partial charge < -0.3 is 35.4 Å². The van der Waals surface area contributed by atoms with Gasteiger partial charge in [0.2, 0.25) is 5.91 Å². The summed E-state index contributed by atoms with van der Waals surface area (Å²) in [6, 6.07) is 11.0. The fourth-order valence-corrected chi connectivity index (χ4v) is 10.3. The number of methoxy groups -OCH3 is 1. The molecule has 12 heteroatoms. The first-order chi connectivity index (χ1) is 27.0. The van der Waals surface area contributed by atoms with Gasteiger partial charge in [-0.15, -0.1) is 0 Å². The molecule has 0 unspecified atom stereocenters. The number of rotatable bonds is 15. The molecule has 316 valence electrons. The number of benzene rings is 2. The number of nitrogens with zero attached hydrogens (tertiary/aromatic N) is 4. The van der Waals surface area contributed by atoms with E-state index in [2.05, 4.69) is 68.2 Å². The zero-order chi connectivity index (χ0) is 41.3. The summed E-state index contributed by atoms with van der Waals surface area (Å²) < 4.78 is 6.13. The van der Waals surface area contributed by atoms with Crippen molar-refractivity contribution in [1.29, 1.82) is 0 Å². The molecule has 2 aromatic carbocycles. The van der Waals surface area contributed by atoms with Crippen LogP contribution < -0.4 is 20.3 Å². The molecule has 57 heavy (non-hydrogen) atoms. The number of likely N-dealkylation sites (N-methyl/N-ethyl adjacent to an activating group) is 1. The van der Waals surface area contributed by atoms with Gasteiger partial charge in [-0.05, 0) is 86.1 Å². The van der Waals surface area contributed by atoms with Crippen molar-refractivity contribution in [3.8, 4) is 16.9 Å². The molecule has 4 N–H and O–H groups in total. The Morgan fingerprint density at radius 1 is 1.07 bits per heavy atom. The number of aliphatic hydroxyl groups is 2. The zero-order valence-electron chi connectivity index (χ0n) is 36.1. The Morgan fingerprint density at radius 3 is 2.39 bits per heavy atom. The van der Waals surface area contributed by atoms with E-state index in [1.807, 2.05) is 49.3 Å². The van der Waals surface area contributed by atoms with Crippen LogP contribution in [0, 0.1) is 35.0 Å². The molecule has 7 rings (SSSR count). The van der Waals surface area contributed by atoms with Crippen molar-refractivity contribution in [1.82, 2.24) is 25.5 Å². The van der Waals surface area contributed by atoms with Crippen LogP contribution in [-0.2, 0) is 16.2 Å². The first-order valence-corrected chi connectivity index (χ1v) is 21.2. The number of nitrogens with one attached hydrogen (secondary N) is 2. The van der Waals surface area contributed by atoms with E-state index < -0.39 is 24.2 Å². The molecule has 0 aromatic heterocycles. The lowest BCUT2D eigenvalue weighted by Crippen LogP contribution is -2.62. The van der Waals surface area contributed by atoms with Gasteiger partial charge in [0.15, 0.2) is 0 Å². The topological polar surface area (TPSA) is 130 Å². The molecule has 2 heterocycles. The second kappa shape index (κ2) is 17.9. The molecule has 2 amide bonds. The van der Waals surface area contributed by atoms with Gasteiger partial charge in [-0.3, -0.25) is 19.3 Å². The van der Waals surface area contributed by atoms with Crippen LogP contribution >= 0.6 is 0 Å². The highest BCUT2D eigenvalue weighted by Gasteiger charge is 2.57. The standard InChI is InChI=1S/C45H70N6O6/c1-27(2)18-34(25-50-16-14-49(9)15-17-50)46-43(54)32-19-31(20-35(21-32)48(7)8)36-13-11-12-30(42(36)56-10)24-51-41(40(29(4)53)39(26-52)57-51)44(55)47-38-23-33-22-37(28(38)3)45(33,5)6/h11-13,19-21,27-29,33-34,37-41,52-53H,14-18,22-26H2,1-10H3,(H,46,54)(H,47,55)/t28-,29-,33-,34-,37+,38-,39-,40+,41-/m0/s1. The van der Waals surface area contributed by atoms with Crippen molar-refractivity contribution in [3.63, 3.8) is 0 Å². The molecule has 3 aliphatic carbocycles. The van der Waals surface area contributed by atoms with E-state index in [0.717, 1.165) is 67.9 Å². The lowest BCUT2D eigenvalue weighted by atomic mass is 9.45. The Morgan fingerprint density at radius 2 is 1.79 bits per heavy atom. The van der Waals surface area contributed by atoms with Gasteiger partial charge in [0.1, 0.15) is 17.9 Å². The summed E-state index contributed by atoms with van der Waals surface area (Å²) in [7, 11) is 7.71. The molecule has 5 aliphatic rings. The molecule has 0 radical (unpaired) electrons. The number of hydrogen-bond donors (Lipinski definition) is 4. The van der Waals surface area contributed by atoms with Crippen LogP contribution in [0.2, 0.25) is 0 Å². The third kappa shape index (κ3) is 9.31. The Kier molecular flexibility index (Phi) is 13.6. The first-order valence-electron chi connectivity index (χ1n) is 21.2. The van der Waals surface area contributed by atoms with E-state index in [1.54, 1.807) is 19.1 Å². The van der Waals surface area contributed by atoms with Crippen molar-refractivity contribution in [3.05, 3.63) is 47.5 Å². The minimum Gasteiger partial charge on any atom is -0.496 e. The molecular formula is C45H70N6O6. The Bertz CT molecular complexity index is 1710. The number of piperazine rings is 1. The maximum Gasteiger partial charge on any atom is 0.251 e. The largest absolute Gasteiger partial charge is 0.496 e. The monoisotopic (exact) mass is 791 g/mol. The number of hydrogen-bond acceptors (Lipinski definition) is 10. The number of fused-ring (bicyclic) bond motifs is 2. The van der Waals surface area contributed by atoms with Crippen molar-refractivity contribution in [2.24, 2.45) is 35.0 Å². The molecule has 2 aliphatic heterocycles. The van der Waals surface area contributed by atoms with E-state index in [-0.39, 0.29) is 42.5 Å². The van der Waals surface area contributed by atoms with E-state index in [0.29, 0.717) is 35.0 Å². The number of anilines is 1. The predicted octanol–water partition coefficient (Wildman–Crippen LogP) is 4.48. The predicted molar refractivity (Wildman–Crippen MR) is 225 cm³/mol. The van der Waals surface area contributed by atoms with Gasteiger partial charge >= 0.3 is 0 Å². The number of carbonyl (C=O) groups excluding carboxylic acids is 2. The average Bonchev–Trinajstić information content (AvgIpc) is 3.54. The molecule has 2 bridgehead atoms. The van der Waals surface area contributed by atoms with Gasteiger partial charge in [-0.1, -0.05) is 52.8 Å². The minimum atomic E-state index is -0.896. The molecule has 9 atom stereocenters. The zero-order valence-corrected chi connectivity index (χ0v) is 36.1. The number of ether oxygens (including phenoxy) is 1. The molecule has 2 aromatic rings. The minimum absolute atomic E-state index is 0.0166. The average molecular weight is 791 g/mol. The van der Waals surface area contributed by atoms with Crippen LogP contribution in [-0.4, -0.2) is 135 Å². The normalized spacial score (nSPS) is 28.8. The SMILES string of the molecule is COc1c(CN2O[C@@H](CO)[C@@H]([C@H](C)O)[C@H]2C(=O)N[C@H]2C[C@@H]3C[C@H]([C@@H]2C)C3(C)C)cccc1-c1cc(C(=O)N[C@@H](CC(C)C)CN2CCN(C)CC2)cc(N(C)C)c1. The maximum atomic E-state index is 14.3. The third-order valence-electron chi connectivity index (χ3n) is 13.9. The van der Waals surface area contributed by atoms with Gasteiger partial charge in [-0.2, -0.15) is 5.06 Å². The molecule has 3 saturated carbocycles.